The number of benzene rings is 1. The van der Waals surface area contributed by atoms with Gasteiger partial charge in [0.15, 0.2) is 5.78 Å². The molecule has 0 N–H and O–H groups in total. The number of ketones is 1. The largest absolute Gasteiger partial charge is 0.443 e. The third-order valence-corrected chi connectivity index (χ3v) is 3.55. The van der Waals surface area contributed by atoms with Gasteiger partial charge < -0.3 is 4.74 Å². The maximum absolute atomic E-state index is 13.0. The molecule has 0 aliphatic carbocycles. The minimum atomic E-state index is -0.610. The standard InChI is InChI=1S/C20H23FN2O3/c1-5-23(19(25)26-20(2,3)4)18-13-14(10-11-22-18)12-17(24)15-6-8-16(21)9-7-15/h6-11,13H,5,12H2,1-4H3. The molecule has 6 heteroatoms. The van der Waals surface area contributed by atoms with Crippen LogP contribution in [-0.4, -0.2) is 29.0 Å². The summed E-state index contributed by atoms with van der Waals surface area (Å²) in [5.74, 6) is -0.0997. The minimum absolute atomic E-state index is 0.132. The molecule has 0 unspecified atom stereocenters. The molecule has 5 nitrogen and oxygen atoms in total. The Bertz CT molecular complexity index is 782. The SMILES string of the molecule is CCN(C(=O)OC(C)(C)C)c1cc(CC(=O)c2ccc(F)cc2)ccn1. The number of ether oxygens (including phenoxy) is 1. The summed E-state index contributed by atoms with van der Waals surface area (Å²) < 4.78 is 18.4. The molecule has 2 rings (SSSR count). The van der Waals surface area contributed by atoms with E-state index in [1.54, 1.807) is 39.1 Å². The predicted octanol–water partition coefficient (Wildman–Crippen LogP) is 4.41. The van der Waals surface area contributed by atoms with Gasteiger partial charge in [0.1, 0.15) is 17.2 Å². The van der Waals surface area contributed by atoms with Gasteiger partial charge in [0.2, 0.25) is 0 Å². The van der Waals surface area contributed by atoms with Crippen molar-refractivity contribution in [3.63, 3.8) is 0 Å². The van der Waals surface area contributed by atoms with Gasteiger partial charge in [0.05, 0.1) is 0 Å². The average Bonchev–Trinajstić information content (AvgIpc) is 2.54. The number of rotatable bonds is 5. The Morgan fingerprint density at radius 2 is 1.81 bits per heavy atom. The van der Waals surface area contributed by atoms with E-state index in [0.29, 0.717) is 23.5 Å². The highest BCUT2D eigenvalue weighted by atomic mass is 19.1. The van der Waals surface area contributed by atoms with Crippen LogP contribution in [0, 0.1) is 5.82 Å². The lowest BCUT2D eigenvalue weighted by Crippen LogP contribution is -2.37. The lowest BCUT2D eigenvalue weighted by Gasteiger charge is -2.26. The molecule has 0 bridgehead atoms. The summed E-state index contributed by atoms with van der Waals surface area (Å²) in [6.07, 6.45) is 1.19. The Morgan fingerprint density at radius 3 is 2.38 bits per heavy atom. The van der Waals surface area contributed by atoms with Crippen LogP contribution < -0.4 is 4.90 Å². The Hall–Kier alpha value is -2.76. The maximum atomic E-state index is 13.0. The number of nitrogens with zero attached hydrogens (tertiary/aromatic N) is 2. The maximum Gasteiger partial charge on any atom is 0.415 e. The second-order valence-electron chi connectivity index (χ2n) is 6.85. The molecule has 0 saturated heterocycles. The van der Waals surface area contributed by atoms with Crippen LogP contribution in [0.2, 0.25) is 0 Å². The van der Waals surface area contributed by atoms with E-state index in [1.807, 2.05) is 6.92 Å². The molecule has 1 amide bonds. The first-order valence-electron chi connectivity index (χ1n) is 8.44. The van der Waals surface area contributed by atoms with Crippen molar-refractivity contribution in [1.29, 1.82) is 0 Å². The van der Waals surface area contributed by atoms with Crippen molar-refractivity contribution in [2.75, 3.05) is 11.4 Å². The Kier molecular flexibility index (Phi) is 6.08. The summed E-state index contributed by atoms with van der Waals surface area (Å²) in [5, 5.41) is 0. The highest BCUT2D eigenvalue weighted by Gasteiger charge is 2.23. The van der Waals surface area contributed by atoms with Crippen LogP contribution in [-0.2, 0) is 11.2 Å². The summed E-state index contributed by atoms with van der Waals surface area (Å²) in [7, 11) is 0. The topological polar surface area (TPSA) is 59.5 Å². The van der Waals surface area contributed by atoms with Crippen molar-refractivity contribution in [2.24, 2.45) is 0 Å². The van der Waals surface area contributed by atoms with Gasteiger partial charge in [-0.1, -0.05) is 0 Å². The molecule has 1 aromatic carbocycles. The first kappa shape index (κ1) is 19.6. The fourth-order valence-corrected chi connectivity index (χ4v) is 2.34. The molecule has 1 aromatic heterocycles. The highest BCUT2D eigenvalue weighted by molar-refractivity contribution is 5.97. The fourth-order valence-electron chi connectivity index (χ4n) is 2.34. The third kappa shape index (κ3) is 5.37. The van der Waals surface area contributed by atoms with Crippen LogP contribution >= 0.6 is 0 Å². The number of halogens is 1. The van der Waals surface area contributed by atoms with Crippen molar-refractivity contribution >= 4 is 17.7 Å². The molecule has 0 aliphatic heterocycles. The van der Waals surface area contributed by atoms with Gasteiger partial charge in [-0.15, -0.1) is 0 Å². The zero-order valence-electron chi connectivity index (χ0n) is 15.5. The first-order chi connectivity index (χ1) is 12.2. The minimum Gasteiger partial charge on any atom is -0.443 e. The number of aromatic nitrogens is 1. The summed E-state index contributed by atoms with van der Waals surface area (Å²) in [6, 6.07) is 8.83. The summed E-state index contributed by atoms with van der Waals surface area (Å²) in [5.41, 5.74) is 0.538. The molecule has 0 fully saturated rings. The molecular weight excluding hydrogens is 335 g/mol. The normalized spacial score (nSPS) is 11.1. The second-order valence-corrected chi connectivity index (χ2v) is 6.85. The van der Waals surface area contributed by atoms with E-state index in [1.165, 1.54) is 29.2 Å². The lowest BCUT2D eigenvalue weighted by atomic mass is 10.0. The van der Waals surface area contributed by atoms with E-state index in [9.17, 15) is 14.0 Å². The molecule has 0 radical (unpaired) electrons. The van der Waals surface area contributed by atoms with Gasteiger partial charge in [-0.3, -0.25) is 9.69 Å². The molecule has 0 spiro atoms. The number of hydrogen-bond donors (Lipinski definition) is 0. The number of hydrogen-bond acceptors (Lipinski definition) is 4. The smallest absolute Gasteiger partial charge is 0.415 e. The quantitative estimate of drug-likeness (QED) is 0.743. The molecule has 1 heterocycles. The second kappa shape index (κ2) is 8.08. The van der Waals surface area contributed by atoms with E-state index >= 15 is 0 Å². The number of pyridine rings is 1. The van der Waals surface area contributed by atoms with Crippen LogP contribution in [0.25, 0.3) is 0 Å². The Balaban J connectivity index is 2.16. The molecule has 26 heavy (non-hydrogen) atoms. The molecule has 138 valence electrons. The fraction of sp³-hybridized carbons (Fsp3) is 0.350. The predicted molar refractivity (Wildman–Crippen MR) is 97.9 cm³/mol. The Labute approximate surface area is 152 Å². The van der Waals surface area contributed by atoms with Crippen molar-refractivity contribution in [2.45, 2.75) is 39.7 Å². The number of carbonyl (C=O) groups is 2. The van der Waals surface area contributed by atoms with Gasteiger partial charge in [-0.2, -0.15) is 0 Å². The molecular formula is C20H23FN2O3. The van der Waals surface area contributed by atoms with Crippen LogP contribution in [0.1, 0.15) is 43.6 Å². The van der Waals surface area contributed by atoms with E-state index < -0.39 is 11.7 Å². The van der Waals surface area contributed by atoms with Crippen LogP contribution in [0.15, 0.2) is 42.6 Å². The summed E-state index contributed by atoms with van der Waals surface area (Å²) in [4.78, 5) is 30.3. The van der Waals surface area contributed by atoms with Crippen LogP contribution in [0.3, 0.4) is 0 Å². The summed E-state index contributed by atoms with van der Waals surface area (Å²) in [6.45, 7) is 7.59. The van der Waals surface area contributed by atoms with E-state index in [2.05, 4.69) is 4.98 Å². The van der Waals surface area contributed by atoms with Crippen LogP contribution in [0.5, 0.6) is 0 Å². The van der Waals surface area contributed by atoms with Gasteiger partial charge in [0, 0.05) is 24.7 Å². The van der Waals surface area contributed by atoms with Gasteiger partial charge in [-0.05, 0) is 69.7 Å². The highest BCUT2D eigenvalue weighted by Crippen LogP contribution is 2.18. The number of Topliss-reactive ketones (excluding diaryl/α,β-unsaturated/α-hetero) is 1. The molecule has 0 saturated carbocycles. The van der Waals surface area contributed by atoms with E-state index in [4.69, 9.17) is 4.74 Å². The van der Waals surface area contributed by atoms with Gasteiger partial charge >= 0.3 is 6.09 Å². The van der Waals surface area contributed by atoms with E-state index in [-0.39, 0.29) is 18.0 Å². The van der Waals surface area contributed by atoms with Crippen molar-refractivity contribution in [3.8, 4) is 0 Å². The number of carbonyl (C=O) groups excluding carboxylic acids is 2. The first-order valence-corrected chi connectivity index (χ1v) is 8.44. The molecule has 2 aromatic rings. The lowest BCUT2D eigenvalue weighted by molar-refractivity contribution is 0.0581. The third-order valence-electron chi connectivity index (χ3n) is 3.55. The number of amides is 1. The summed E-state index contributed by atoms with van der Waals surface area (Å²) >= 11 is 0. The number of anilines is 1. The van der Waals surface area contributed by atoms with Gasteiger partial charge in [0.25, 0.3) is 0 Å². The zero-order chi connectivity index (χ0) is 19.3. The van der Waals surface area contributed by atoms with Crippen LogP contribution in [0.4, 0.5) is 15.0 Å². The average molecular weight is 358 g/mol. The van der Waals surface area contributed by atoms with Crippen molar-refractivity contribution in [3.05, 3.63) is 59.5 Å². The van der Waals surface area contributed by atoms with Gasteiger partial charge in [-0.25, -0.2) is 14.2 Å². The molecule has 0 aliphatic rings. The van der Waals surface area contributed by atoms with Crippen molar-refractivity contribution in [1.82, 2.24) is 4.98 Å². The van der Waals surface area contributed by atoms with E-state index in [0.717, 1.165) is 0 Å². The molecule has 0 atom stereocenters. The van der Waals surface area contributed by atoms with Crippen molar-refractivity contribution < 1.29 is 18.7 Å². The zero-order valence-corrected chi connectivity index (χ0v) is 15.5. The Morgan fingerprint density at radius 1 is 1.15 bits per heavy atom. The monoisotopic (exact) mass is 358 g/mol.